The van der Waals surface area contributed by atoms with Crippen LogP contribution >= 0.6 is 0 Å². The summed E-state index contributed by atoms with van der Waals surface area (Å²) in [6.45, 7) is 2.10. The van der Waals surface area contributed by atoms with Gasteiger partial charge in [-0.25, -0.2) is 4.52 Å². The van der Waals surface area contributed by atoms with E-state index in [1.165, 1.54) is 6.33 Å². The van der Waals surface area contributed by atoms with Gasteiger partial charge in [0.15, 0.2) is 0 Å². The van der Waals surface area contributed by atoms with E-state index in [0.29, 0.717) is 30.6 Å². The lowest BCUT2D eigenvalue weighted by atomic mass is 9.92. The van der Waals surface area contributed by atoms with E-state index < -0.39 is 0 Å². The first-order chi connectivity index (χ1) is 17.1. The fraction of sp³-hybridized carbons (Fsp3) is 0.357. The minimum absolute atomic E-state index is 0.00533. The number of nitriles is 1. The smallest absolute Gasteiger partial charge is 0.259 e. The average Bonchev–Trinajstić information content (AvgIpc) is 3.37. The van der Waals surface area contributed by atoms with Crippen molar-refractivity contribution in [3.8, 4) is 17.2 Å². The Morgan fingerprint density at radius 2 is 1.83 bits per heavy atom. The van der Waals surface area contributed by atoms with Gasteiger partial charge in [0.25, 0.3) is 5.56 Å². The summed E-state index contributed by atoms with van der Waals surface area (Å²) >= 11 is 0. The highest BCUT2D eigenvalue weighted by molar-refractivity contribution is 5.70. The van der Waals surface area contributed by atoms with E-state index in [0.717, 1.165) is 53.6 Å². The van der Waals surface area contributed by atoms with Crippen LogP contribution in [0.15, 0.2) is 59.7 Å². The van der Waals surface area contributed by atoms with Crippen LogP contribution in [0.25, 0.3) is 16.9 Å². The Morgan fingerprint density at radius 3 is 2.54 bits per heavy atom. The molecule has 5 rings (SSSR count). The fourth-order valence-electron chi connectivity index (χ4n) is 5.23. The van der Waals surface area contributed by atoms with Gasteiger partial charge in [-0.2, -0.15) is 15.3 Å². The van der Waals surface area contributed by atoms with Crippen molar-refractivity contribution < 1.29 is 5.11 Å². The highest BCUT2D eigenvalue weighted by atomic mass is 16.3. The maximum atomic E-state index is 13.9. The fourth-order valence-corrected chi connectivity index (χ4v) is 5.23. The van der Waals surface area contributed by atoms with Crippen molar-refractivity contribution in [2.75, 3.05) is 0 Å². The van der Waals surface area contributed by atoms with Crippen molar-refractivity contribution in [3.05, 3.63) is 87.6 Å². The molecule has 0 unspecified atom stereocenters. The first-order valence-corrected chi connectivity index (χ1v) is 12.3. The molecule has 0 spiro atoms. The molecular weight excluding hydrogens is 438 g/mol. The number of aliphatic hydroxyl groups is 1. The van der Waals surface area contributed by atoms with E-state index >= 15 is 0 Å². The summed E-state index contributed by atoms with van der Waals surface area (Å²) in [4.78, 5) is 18.4. The van der Waals surface area contributed by atoms with Gasteiger partial charge in [-0.05, 0) is 54.9 Å². The van der Waals surface area contributed by atoms with Crippen LogP contribution < -0.4 is 5.56 Å². The first-order valence-electron chi connectivity index (χ1n) is 12.3. The lowest BCUT2D eigenvalue weighted by Crippen LogP contribution is -2.34. The van der Waals surface area contributed by atoms with E-state index in [1.807, 2.05) is 57.6 Å². The normalized spacial score (nSPS) is 18.0. The number of hydrogen-bond acceptors (Lipinski definition) is 5. The molecule has 1 N–H and O–H groups in total. The minimum atomic E-state index is -0.292. The quantitative estimate of drug-likeness (QED) is 0.452. The molecule has 1 fully saturated rings. The zero-order chi connectivity index (χ0) is 24.4. The SMILES string of the molecule is CCCc1c(Cc2ccc(-c3ccccc3C#N)cc2)c(=O)n([C@H]2CC[C@@H](O)CC2)c2ncnn12. The van der Waals surface area contributed by atoms with Gasteiger partial charge in [-0.15, -0.1) is 0 Å². The van der Waals surface area contributed by atoms with E-state index in [4.69, 9.17) is 0 Å². The van der Waals surface area contributed by atoms with Crippen molar-refractivity contribution in [1.82, 2.24) is 19.2 Å². The summed E-state index contributed by atoms with van der Waals surface area (Å²) < 4.78 is 3.65. The van der Waals surface area contributed by atoms with Crippen LogP contribution in [0.1, 0.15) is 67.5 Å². The van der Waals surface area contributed by atoms with Gasteiger partial charge < -0.3 is 5.11 Å². The molecule has 35 heavy (non-hydrogen) atoms. The second kappa shape index (κ2) is 9.85. The number of aliphatic hydroxyl groups excluding tert-OH is 1. The second-order valence-electron chi connectivity index (χ2n) is 9.32. The maximum absolute atomic E-state index is 13.9. The van der Waals surface area contributed by atoms with Gasteiger partial charge in [0.2, 0.25) is 5.78 Å². The van der Waals surface area contributed by atoms with Gasteiger partial charge in [-0.1, -0.05) is 55.8 Å². The summed E-state index contributed by atoms with van der Waals surface area (Å²) in [6.07, 6.45) is 6.25. The Morgan fingerprint density at radius 1 is 1.09 bits per heavy atom. The Hall–Kier alpha value is -3.76. The van der Waals surface area contributed by atoms with Gasteiger partial charge in [0, 0.05) is 18.0 Å². The van der Waals surface area contributed by atoms with Gasteiger partial charge in [0.1, 0.15) is 6.33 Å². The zero-order valence-corrected chi connectivity index (χ0v) is 19.9. The molecule has 2 aromatic heterocycles. The molecule has 1 aliphatic carbocycles. The van der Waals surface area contributed by atoms with Crippen molar-refractivity contribution in [2.24, 2.45) is 0 Å². The molecule has 0 atom stereocenters. The number of nitrogens with zero attached hydrogens (tertiary/aromatic N) is 5. The molecule has 0 saturated heterocycles. The third-order valence-corrected chi connectivity index (χ3v) is 7.04. The number of aryl methyl sites for hydroxylation is 1. The van der Waals surface area contributed by atoms with Crippen molar-refractivity contribution in [1.29, 1.82) is 5.26 Å². The molecule has 0 radical (unpaired) electrons. The highest BCUT2D eigenvalue weighted by Crippen LogP contribution is 2.30. The molecule has 4 aromatic rings. The highest BCUT2D eigenvalue weighted by Gasteiger charge is 2.27. The Balaban J connectivity index is 1.56. The maximum Gasteiger partial charge on any atom is 0.259 e. The summed E-state index contributed by atoms with van der Waals surface area (Å²) in [6, 6.07) is 17.9. The van der Waals surface area contributed by atoms with Crippen LogP contribution in [0.3, 0.4) is 0 Å². The standard InChI is InChI=1S/C28H29N5O2/c1-2-5-26-25(16-19-8-10-20(11-9-19)24-7-4-3-6-21(24)17-29)27(35)32(28-30-18-31-33(26)28)22-12-14-23(34)15-13-22/h3-4,6-11,18,22-23,34H,2,5,12-16H2,1H3/t22-,23+. The third-order valence-electron chi connectivity index (χ3n) is 7.04. The first kappa shape index (κ1) is 23.0. The molecule has 178 valence electrons. The minimum Gasteiger partial charge on any atom is -0.393 e. The van der Waals surface area contributed by atoms with Gasteiger partial charge in [-0.3, -0.25) is 9.36 Å². The molecule has 1 saturated carbocycles. The molecule has 7 heteroatoms. The number of fused-ring (bicyclic) bond motifs is 1. The monoisotopic (exact) mass is 467 g/mol. The van der Waals surface area contributed by atoms with Gasteiger partial charge in [0.05, 0.1) is 23.4 Å². The Kier molecular flexibility index (Phi) is 6.47. The van der Waals surface area contributed by atoms with Crippen molar-refractivity contribution >= 4 is 5.78 Å². The predicted molar refractivity (Wildman–Crippen MR) is 134 cm³/mol. The van der Waals surface area contributed by atoms with Crippen molar-refractivity contribution in [2.45, 2.75) is 64.0 Å². The third kappa shape index (κ3) is 4.38. The molecule has 1 aliphatic rings. The summed E-state index contributed by atoms with van der Waals surface area (Å²) in [7, 11) is 0. The molecule has 0 aliphatic heterocycles. The summed E-state index contributed by atoms with van der Waals surface area (Å²) in [5, 5.41) is 23.9. The van der Waals surface area contributed by atoms with Crippen LogP contribution in [0, 0.1) is 11.3 Å². The Labute approximate surface area is 204 Å². The lowest BCUT2D eigenvalue weighted by molar-refractivity contribution is 0.110. The van der Waals surface area contributed by atoms with Crippen LogP contribution in [-0.4, -0.2) is 30.4 Å². The zero-order valence-electron chi connectivity index (χ0n) is 19.9. The van der Waals surface area contributed by atoms with E-state index in [1.54, 1.807) is 0 Å². The average molecular weight is 468 g/mol. The molecule has 7 nitrogen and oxygen atoms in total. The molecular formula is C28H29N5O2. The van der Waals surface area contributed by atoms with E-state index in [9.17, 15) is 15.2 Å². The van der Waals surface area contributed by atoms with Crippen LogP contribution in [0.5, 0.6) is 0 Å². The van der Waals surface area contributed by atoms with Crippen LogP contribution in [0.4, 0.5) is 0 Å². The van der Waals surface area contributed by atoms with Crippen LogP contribution in [-0.2, 0) is 12.8 Å². The number of benzene rings is 2. The summed E-state index contributed by atoms with van der Waals surface area (Å²) in [5.74, 6) is 0.590. The number of aromatic nitrogens is 4. The van der Waals surface area contributed by atoms with Gasteiger partial charge >= 0.3 is 0 Å². The predicted octanol–water partition coefficient (Wildman–Crippen LogP) is 4.45. The number of hydrogen-bond donors (Lipinski definition) is 1. The number of rotatable bonds is 6. The van der Waals surface area contributed by atoms with Crippen LogP contribution in [0.2, 0.25) is 0 Å². The molecule has 2 aromatic carbocycles. The van der Waals surface area contributed by atoms with Crippen molar-refractivity contribution in [3.63, 3.8) is 0 Å². The van der Waals surface area contributed by atoms with E-state index in [2.05, 4.69) is 23.1 Å². The molecule has 0 amide bonds. The summed E-state index contributed by atoms with van der Waals surface area (Å²) in [5.41, 5.74) is 5.21. The molecule has 2 heterocycles. The lowest BCUT2D eigenvalue weighted by Gasteiger charge is -2.28. The topological polar surface area (TPSA) is 96.2 Å². The largest absolute Gasteiger partial charge is 0.393 e. The molecule has 0 bridgehead atoms. The Bertz CT molecular complexity index is 1440. The second-order valence-corrected chi connectivity index (χ2v) is 9.32. The van der Waals surface area contributed by atoms with E-state index in [-0.39, 0.29) is 17.7 Å².